The smallest absolute Gasteiger partial charge is 0.270 e. The molecule has 0 saturated heterocycles. The summed E-state index contributed by atoms with van der Waals surface area (Å²) in [5.41, 5.74) is 2.78. The molecule has 6 heteroatoms. The van der Waals surface area contributed by atoms with Gasteiger partial charge in [-0.3, -0.25) is 4.79 Å². The SMILES string of the molecule is COc1ccccc1Nc1ccc(C(=O)NCc2ccccc2Cl)nc1. The first-order valence-electron chi connectivity index (χ1n) is 8.05. The Morgan fingerprint density at radius 1 is 1.08 bits per heavy atom. The number of benzene rings is 2. The molecule has 2 N–H and O–H groups in total. The lowest BCUT2D eigenvalue weighted by Crippen LogP contribution is -2.23. The van der Waals surface area contributed by atoms with E-state index in [0.717, 1.165) is 22.7 Å². The Morgan fingerprint density at radius 3 is 2.58 bits per heavy atom. The molecule has 132 valence electrons. The molecule has 0 bridgehead atoms. The molecule has 5 nitrogen and oxygen atoms in total. The molecule has 3 aromatic rings. The maximum absolute atomic E-state index is 12.2. The Hall–Kier alpha value is -3.05. The highest BCUT2D eigenvalue weighted by atomic mass is 35.5. The Balaban J connectivity index is 1.63. The molecule has 0 aliphatic rings. The lowest BCUT2D eigenvalue weighted by molar-refractivity contribution is 0.0946. The molecule has 0 spiro atoms. The number of anilines is 2. The van der Waals surface area contributed by atoms with Gasteiger partial charge in [-0.25, -0.2) is 4.98 Å². The average Bonchev–Trinajstić information content (AvgIpc) is 2.68. The number of methoxy groups -OCH3 is 1. The molecule has 0 fully saturated rings. The number of carbonyl (C=O) groups is 1. The molecule has 1 aromatic heterocycles. The van der Waals surface area contributed by atoms with Gasteiger partial charge in [-0.05, 0) is 35.9 Å². The third-order valence-corrected chi connectivity index (χ3v) is 4.15. The fourth-order valence-corrected chi connectivity index (χ4v) is 2.62. The normalized spacial score (nSPS) is 10.2. The van der Waals surface area contributed by atoms with Crippen molar-refractivity contribution in [3.8, 4) is 5.75 Å². The lowest BCUT2D eigenvalue weighted by atomic mass is 10.2. The van der Waals surface area contributed by atoms with Crippen molar-refractivity contribution < 1.29 is 9.53 Å². The molecule has 26 heavy (non-hydrogen) atoms. The second kappa shape index (κ2) is 8.36. The third kappa shape index (κ3) is 4.32. The molecule has 3 rings (SSSR count). The van der Waals surface area contributed by atoms with E-state index in [-0.39, 0.29) is 5.91 Å². The molecule has 0 atom stereocenters. The first-order valence-corrected chi connectivity index (χ1v) is 8.43. The van der Waals surface area contributed by atoms with E-state index in [1.165, 1.54) is 0 Å². The quantitative estimate of drug-likeness (QED) is 0.677. The summed E-state index contributed by atoms with van der Waals surface area (Å²) in [6.45, 7) is 0.349. The third-order valence-electron chi connectivity index (χ3n) is 3.78. The van der Waals surface area contributed by atoms with E-state index in [1.807, 2.05) is 42.5 Å². The van der Waals surface area contributed by atoms with Crippen molar-refractivity contribution >= 4 is 28.9 Å². The standard InChI is InChI=1S/C20H18ClN3O2/c1-26-19-9-5-4-8-17(19)24-15-10-11-18(22-13-15)20(25)23-12-14-6-2-3-7-16(14)21/h2-11,13,24H,12H2,1H3,(H,23,25). The van der Waals surface area contributed by atoms with E-state index in [9.17, 15) is 4.79 Å². The van der Waals surface area contributed by atoms with Gasteiger partial charge in [0.15, 0.2) is 0 Å². The predicted molar refractivity (Wildman–Crippen MR) is 103 cm³/mol. The molecule has 0 aliphatic heterocycles. The molecular formula is C20H18ClN3O2. The van der Waals surface area contributed by atoms with Crippen LogP contribution in [-0.4, -0.2) is 18.0 Å². The molecule has 0 radical (unpaired) electrons. The summed E-state index contributed by atoms with van der Waals surface area (Å²) in [5, 5.41) is 6.66. The predicted octanol–water partition coefficient (Wildman–Crippen LogP) is 4.42. The number of carbonyl (C=O) groups excluding carboxylic acids is 1. The molecule has 1 amide bonds. The van der Waals surface area contributed by atoms with Crippen LogP contribution in [0.25, 0.3) is 0 Å². The summed E-state index contributed by atoms with van der Waals surface area (Å²) in [5.74, 6) is 0.475. The fourth-order valence-electron chi connectivity index (χ4n) is 2.41. The van der Waals surface area contributed by atoms with Crippen LogP contribution in [0, 0.1) is 0 Å². The van der Waals surface area contributed by atoms with E-state index < -0.39 is 0 Å². The second-order valence-corrected chi connectivity index (χ2v) is 5.94. The van der Waals surface area contributed by atoms with Crippen molar-refractivity contribution in [2.24, 2.45) is 0 Å². The summed E-state index contributed by atoms with van der Waals surface area (Å²) in [6, 6.07) is 18.4. The van der Waals surface area contributed by atoms with Crippen LogP contribution in [0.1, 0.15) is 16.1 Å². The summed E-state index contributed by atoms with van der Waals surface area (Å²) < 4.78 is 5.31. The van der Waals surface area contributed by atoms with E-state index in [0.29, 0.717) is 17.3 Å². The maximum atomic E-state index is 12.2. The van der Waals surface area contributed by atoms with E-state index in [2.05, 4.69) is 15.6 Å². The molecule has 0 saturated carbocycles. The van der Waals surface area contributed by atoms with Gasteiger partial charge < -0.3 is 15.4 Å². The first kappa shape index (κ1) is 17.8. The zero-order valence-corrected chi connectivity index (χ0v) is 15.0. The fraction of sp³-hybridized carbons (Fsp3) is 0.100. The summed E-state index contributed by atoms with van der Waals surface area (Å²) >= 11 is 6.09. The number of halogens is 1. The van der Waals surface area contributed by atoms with Gasteiger partial charge in [0.25, 0.3) is 5.91 Å². The van der Waals surface area contributed by atoms with E-state index >= 15 is 0 Å². The number of amides is 1. The van der Waals surface area contributed by atoms with Crippen molar-refractivity contribution in [1.29, 1.82) is 0 Å². The van der Waals surface area contributed by atoms with Crippen LogP contribution in [0.5, 0.6) is 5.75 Å². The number of aromatic nitrogens is 1. The number of nitrogens with zero attached hydrogens (tertiary/aromatic N) is 1. The van der Waals surface area contributed by atoms with Gasteiger partial charge in [-0.2, -0.15) is 0 Å². The Bertz CT molecular complexity index is 898. The average molecular weight is 368 g/mol. The minimum absolute atomic E-state index is 0.256. The minimum Gasteiger partial charge on any atom is -0.495 e. The summed E-state index contributed by atoms with van der Waals surface area (Å²) in [7, 11) is 1.62. The van der Waals surface area contributed by atoms with Crippen molar-refractivity contribution in [3.63, 3.8) is 0 Å². The van der Waals surface area contributed by atoms with Crippen LogP contribution < -0.4 is 15.4 Å². The zero-order chi connectivity index (χ0) is 18.4. The maximum Gasteiger partial charge on any atom is 0.270 e. The number of pyridine rings is 1. The second-order valence-electron chi connectivity index (χ2n) is 5.53. The van der Waals surface area contributed by atoms with Gasteiger partial charge in [0.05, 0.1) is 24.7 Å². The summed E-state index contributed by atoms with van der Waals surface area (Å²) in [6.07, 6.45) is 1.61. The molecule has 1 heterocycles. The lowest BCUT2D eigenvalue weighted by Gasteiger charge is -2.11. The number of rotatable bonds is 6. The number of ether oxygens (including phenoxy) is 1. The minimum atomic E-state index is -0.256. The van der Waals surface area contributed by atoms with Crippen LogP contribution in [-0.2, 0) is 6.54 Å². The van der Waals surface area contributed by atoms with Crippen LogP contribution in [0.4, 0.5) is 11.4 Å². The van der Waals surface area contributed by atoms with Gasteiger partial charge in [-0.15, -0.1) is 0 Å². The highest BCUT2D eigenvalue weighted by molar-refractivity contribution is 6.31. The van der Waals surface area contributed by atoms with Crippen molar-refractivity contribution in [2.45, 2.75) is 6.54 Å². The topological polar surface area (TPSA) is 63.2 Å². The summed E-state index contributed by atoms with van der Waals surface area (Å²) in [4.78, 5) is 16.5. The van der Waals surface area contributed by atoms with Crippen LogP contribution in [0.2, 0.25) is 5.02 Å². The Kier molecular flexibility index (Phi) is 5.71. The van der Waals surface area contributed by atoms with E-state index in [4.69, 9.17) is 16.3 Å². The highest BCUT2D eigenvalue weighted by Crippen LogP contribution is 2.26. The largest absolute Gasteiger partial charge is 0.495 e. The molecule has 0 aliphatic carbocycles. The van der Waals surface area contributed by atoms with Gasteiger partial charge in [-0.1, -0.05) is 41.9 Å². The Labute approximate surface area is 157 Å². The first-order chi connectivity index (χ1) is 12.7. The number of nitrogens with one attached hydrogen (secondary N) is 2. The van der Waals surface area contributed by atoms with Gasteiger partial charge in [0, 0.05) is 11.6 Å². The number of hydrogen-bond donors (Lipinski definition) is 2. The molecular weight excluding hydrogens is 350 g/mol. The van der Waals surface area contributed by atoms with Gasteiger partial charge in [0.1, 0.15) is 11.4 Å². The van der Waals surface area contributed by atoms with Crippen LogP contribution in [0.15, 0.2) is 66.9 Å². The van der Waals surface area contributed by atoms with Crippen LogP contribution in [0.3, 0.4) is 0 Å². The van der Waals surface area contributed by atoms with Crippen molar-refractivity contribution in [3.05, 3.63) is 83.1 Å². The van der Waals surface area contributed by atoms with Gasteiger partial charge >= 0.3 is 0 Å². The molecule has 2 aromatic carbocycles. The highest BCUT2D eigenvalue weighted by Gasteiger charge is 2.09. The monoisotopic (exact) mass is 367 g/mol. The van der Waals surface area contributed by atoms with E-state index in [1.54, 1.807) is 31.5 Å². The number of hydrogen-bond acceptors (Lipinski definition) is 4. The van der Waals surface area contributed by atoms with Crippen LogP contribution >= 0.6 is 11.6 Å². The van der Waals surface area contributed by atoms with Crippen molar-refractivity contribution in [2.75, 3.05) is 12.4 Å². The van der Waals surface area contributed by atoms with Gasteiger partial charge in [0.2, 0.25) is 0 Å². The zero-order valence-electron chi connectivity index (χ0n) is 14.2. The molecule has 0 unspecified atom stereocenters. The Morgan fingerprint density at radius 2 is 1.85 bits per heavy atom. The van der Waals surface area contributed by atoms with Crippen molar-refractivity contribution in [1.82, 2.24) is 10.3 Å². The number of para-hydroxylation sites is 2.